The zero-order valence-corrected chi connectivity index (χ0v) is 35.9. The van der Waals surface area contributed by atoms with E-state index in [0.29, 0.717) is 42.7 Å². The number of fused-ring (bicyclic) bond motifs is 2. The highest BCUT2D eigenvalue weighted by atomic mass is 35.5. The molecule has 10 N–H and O–H groups in total. The molecule has 14 nitrogen and oxygen atoms in total. The molecule has 0 radical (unpaired) electrons. The predicted octanol–water partition coefficient (Wildman–Crippen LogP) is 5.54. The highest BCUT2D eigenvalue weighted by molar-refractivity contribution is 6.09. The normalized spacial score (nSPS) is 12.0. The number of rotatable bonds is 22. The Balaban J connectivity index is 0.00000512. The minimum atomic E-state index is -1.14. The van der Waals surface area contributed by atoms with Gasteiger partial charge in [0.2, 0.25) is 11.8 Å². The molecular weight excluding hydrogens is 833 g/mol. The van der Waals surface area contributed by atoms with E-state index in [4.69, 9.17) is 26.7 Å². The van der Waals surface area contributed by atoms with E-state index in [-0.39, 0.29) is 68.9 Å². The van der Waals surface area contributed by atoms with Crippen LogP contribution in [0.15, 0.2) is 121 Å². The number of hydrogen-bond donors (Lipinski definition) is 7. The molecule has 0 aliphatic rings. The van der Waals surface area contributed by atoms with Gasteiger partial charge in [0, 0.05) is 17.7 Å². The molecule has 0 saturated heterocycles. The molecule has 0 aliphatic heterocycles. The number of aromatic hydroxyl groups is 1. The Morgan fingerprint density at radius 2 is 1.29 bits per heavy atom. The zero-order chi connectivity index (χ0) is 42.9. The van der Waals surface area contributed by atoms with Gasteiger partial charge in [0.1, 0.15) is 36.2 Å². The van der Waals surface area contributed by atoms with E-state index in [1.165, 1.54) is 6.08 Å². The lowest BCUT2D eigenvalue weighted by molar-refractivity contribution is -0.149. The van der Waals surface area contributed by atoms with Crippen molar-refractivity contribution < 1.29 is 33.8 Å². The first kappa shape index (κ1) is 50.0. The first-order chi connectivity index (χ1) is 29.1. The number of benzene rings is 5. The number of halogens is 2. The summed E-state index contributed by atoms with van der Waals surface area (Å²) in [5.41, 5.74) is 18.7. The minimum Gasteiger partial charge on any atom is -0.507 e. The molecule has 62 heavy (non-hydrogen) atoms. The maximum Gasteiger partial charge on any atom is 0.329 e. The Morgan fingerprint density at radius 1 is 0.710 bits per heavy atom. The number of guanidine groups is 1. The monoisotopic (exact) mass is 887 g/mol. The molecule has 5 rings (SSSR count). The summed E-state index contributed by atoms with van der Waals surface area (Å²) >= 11 is 0. The van der Waals surface area contributed by atoms with Crippen molar-refractivity contribution in [2.24, 2.45) is 22.2 Å². The Hall–Kier alpha value is -6.35. The lowest BCUT2D eigenvalue weighted by Crippen LogP contribution is -2.56. The second-order valence-electron chi connectivity index (χ2n) is 14.2. The molecular formula is C46H55Cl2N7O7. The fourth-order valence-electron chi connectivity index (χ4n) is 6.82. The molecule has 3 amide bonds. The number of aliphatic imine (C=N–C) groups is 1. The maximum atomic E-state index is 14.0. The van der Waals surface area contributed by atoms with Crippen molar-refractivity contribution in [3.05, 3.63) is 121 Å². The molecule has 5 aromatic carbocycles. The number of esters is 1. The summed E-state index contributed by atoms with van der Waals surface area (Å²) in [4.78, 5) is 58.5. The number of carbonyl (C=O) groups excluding carboxylic acids is 4. The van der Waals surface area contributed by atoms with E-state index in [0.717, 1.165) is 27.1 Å². The molecule has 0 aromatic heterocycles. The van der Waals surface area contributed by atoms with Gasteiger partial charge >= 0.3 is 5.97 Å². The summed E-state index contributed by atoms with van der Waals surface area (Å²) in [6.45, 7) is 3.80. The fraction of sp³-hybridized carbons (Fsp3) is 0.283. The first-order valence-corrected chi connectivity index (χ1v) is 19.9. The fourth-order valence-corrected chi connectivity index (χ4v) is 6.82. The van der Waals surface area contributed by atoms with Crippen LogP contribution in [0.4, 0.5) is 0 Å². The largest absolute Gasteiger partial charge is 0.507 e. The summed E-state index contributed by atoms with van der Waals surface area (Å²) < 4.78 is 11.7. The molecule has 0 spiro atoms. The van der Waals surface area contributed by atoms with E-state index in [9.17, 15) is 24.3 Å². The van der Waals surface area contributed by atoms with Gasteiger partial charge in [-0.1, -0.05) is 97.1 Å². The van der Waals surface area contributed by atoms with Crippen LogP contribution < -0.4 is 37.9 Å². The Kier molecular flexibility index (Phi) is 20.5. The van der Waals surface area contributed by atoms with Crippen molar-refractivity contribution in [2.75, 3.05) is 19.7 Å². The number of carbonyl (C=O) groups is 4. The second kappa shape index (κ2) is 25.4. The number of phenolic OH excluding ortho intramolecular Hbond substituents is 1. The third-order valence-electron chi connectivity index (χ3n) is 9.81. The van der Waals surface area contributed by atoms with Crippen LogP contribution in [-0.4, -0.2) is 72.6 Å². The third kappa shape index (κ3) is 14.1. The van der Waals surface area contributed by atoms with E-state index in [1.807, 2.05) is 91.0 Å². The molecule has 16 heteroatoms. The summed E-state index contributed by atoms with van der Waals surface area (Å²) in [6.07, 6.45) is 3.27. The van der Waals surface area contributed by atoms with E-state index >= 15 is 0 Å². The SMILES string of the molecule is C=CC[C@H](NC(=O)[C@@H](CCCN=C(N)N)NC(=O)[C@@H](CCCCN)NC(=O)COc1ccc2ccccc2c1-c1c(O)ccc2ccccc12)C(=O)OCc1ccccc1.Cl.Cl. The summed E-state index contributed by atoms with van der Waals surface area (Å²) in [6, 6.07) is 28.3. The Morgan fingerprint density at radius 3 is 1.94 bits per heavy atom. The van der Waals surface area contributed by atoms with Gasteiger partial charge in [0.05, 0.1) is 0 Å². The van der Waals surface area contributed by atoms with Crippen LogP contribution in [0.3, 0.4) is 0 Å². The van der Waals surface area contributed by atoms with Crippen molar-refractivity contribution in [3.8, 4) is 22.6 Å². The van der Waals surface area contributed by atoms with E-state index in [1.54, 1.807) is 12.1 Å². The highest BCUT2D eigenvalue weighted by Crippen LogP contribution is 2.45. The van der Waals surface area contributed by atoms with Gasteiger partial charge in [-0.25, -0.2) is 4.79 Å². The van der Waals surface area contributed by atoms with Gasteiger partial charge < -0.3 is 47.7 Å². The zero-order valence-electron chi connectivity index (χ0n) is 34.3. The van der Waals surface area contributed by atoms with Gasteiger partial charge in [-0.2, -0.15) is 0 Å². The predicted molar refractivity (Wildman–Crippen MR) is 248 cm³/mol. The average molecular weight is 889 g/mol. The molecule has 0 aliphatic carbocycles. The van der Waals surface area contributed by atoms with Gasteiger partial charge in [-0.3, -0.25) is 19.4 Å². The highest BCUT2D eigenvalue weighted by Gasteiger charge is 2.30. The Bertz CT molecular complexity index is 2310. The van der Waals surface area contributed by atoms with Crippen molar-refractivity contribution in [1.29, 1.82) is 0 Å². The summed E-state index contributed by atoms with van der Waals surface area (Å²) in [5.74, 6) is -2.25. The molecule has 0 unspecified atom stereocenters. The number of amides is 3. The lowest BCUT2D eigenvalue weighted by atomic mass is 9.92. The topological polar surface area (TPSA) is 233 Å². The Labute approximate surface area is 373 Å². The third-order valence-corrected chi connectivity index (χ3v) is 9.81. The molecule has 0 bridgehead atoms. The summed E-state index contributed by atoms with van der Waals surface area (Å²) in [5, 5.41) is 22.9. The maximum absolute atomic E-state index is 14.0. The van der Waals surface area contributed by atoms with Crippen LogP contribution in [0, 0.1) is 0 Å². The number of unbranched alkanes of at least 4 members (excludes halogenated alkanes) is 1. The molecule has 0 heterocycles. The van der Waals surface area contributed by atoms with Crippen LogP contribution >= 0.6 is 24.8 Å². The number of phenols is 1. The second-order valence-corrected chi connectivity index (χ2v) is 14.2. The van der Waals surface area contributed by atoms with Crippen molar-refractivity contribution in [2.45, 2.75) is 63.3 Å². The van der Waals surface area contributed by atoms with Gasteiger partial charge in [-0.05, 0) is 84.3 Å². The minimum absolute atomic E-state index is 0. The molecule has 0 fully saturated rings. The van der Waals surface area contributed by atoms with Gasteiger partial charge in [0.25, 0.3) is 5.91 Å². The van der Waals surface area contributed by atoms with Crippen LogP contribution in [0.5, 0.6) is 11.5 Å². The van der Waals surface area contributed by atoms with Crippen LogP contribution in [-0.2, 0) is 30.5 Å². The smallest absolute Gasteiger partial charge is 0.329 e. The van der Waals surface area contributed by atoms with Crippen LogP contribution in [0.2, 0.25) is 0 Å². The van der Waals surface area contributed by atoms with Crippen LogP contribution in [0.25, 0.3) is 32.7 Å². The van der Waals surface area contributed by atoms with Crippen LogP contribution in [0.1, 0.15) is 44.1 Å². The number of ether oxygens (including phenoxy) is 2. The first-order valence-electron chi connectivity index (χ1n) is 19.9. The van der Waals surface area contributed by atoms with Crippen molar-refractivity contribution >= 4 is 76.0 Å². The molecule has 3 atom stereocenters. The number of nitrogens with two attached hydrogens (primary N) is 3. The molecule has 330 valence electrons. The lowest BCUT2D eigenvalue weighted by Gasteiger charge is -2.25. The number of nitrogens with zero attached hydrogens (tertiary/aromatic N) is 1. The summed E-state index contributed by atoms with van der Waals surface area (Å²) in [7, 11) is 0. The molecule has 0 saturated carbocycles. The van der Waals surface area contributed by atoms with Gasteiger partial charge in [0.15, 0.2) is 12.6 Å². The van der Waals surface area contributed by atoms with E-state index < -0.39 is 48.4 Å². The van der Waals surface area contributed by atoms with Gasteiger partial charge in [-0.15, -0.1) is 31.4 Å². The van der Waals surface area contributed by atoms with E-state index in [2.05, 4.69) is 27.5 Å². The number of hydrogen-bond acceptors (Lipinski definition) is 9. The van der Waals surface area contributed by atoms with Crippen molar-refractivity contribution in [3.63, 3.8) is 0 Å². The molecule has 5 aromatic rings. The average Bonchev–Trinajstić information content (AvgIpc) is 3.25. The van der Waals surface area contributed by atoms with Crippen molar-refractivity contribution in [1.82, 2.24) is 16.0 Å². The standard InChI is InChI=1S/C46H53N7O7.2ClH/c1-2-13-37(45(58)60-28-30-14-4-3-5-15-30)53-44(57)36(21-12-27-50-46(48)49)52-43(56)35(20-10-11-26-47)51-40(55)29-59-39-25-23-32-17-7-9-19-34(32)42(39)41-33-18-8-6-16-31(33)22-24-38(41)54;;/h2-9,14-19,22-25,35-37,54H,1,10-13,20-21,26-29,47H2,(H,51,55)(H,52,56)(H,53,57)(H4,48,49,50);2*1H/t35-,36-,37+;;/m1../s1. The quantitative estimate of drug-likeness (QED) is 0.0151. The number of nitrogens with one attached hydrogen (secondary N) is 3.